The van der Waals surface area contributed by atoms with E-state index in [0.29, 0.717) is 10.3 Å². The zero-order valence-corrected chi connectivity index (χ0v) is 9.41. The van der Waals surface area contributed by atoms with Gasteiger partial charge in [-0.3, -0.25) is 10.1 Å². The van der Waals surface area contributed by atoms with Gasteiger partial charge in [-0.2, -0.15) is 0 Å². The summed E-state index contributed by atoms with van der Waals surface area (Å²) in [5.41, 5.74) is -0.0221. The molecule has 1 rings (SSSR count). The number of nitrogens with one attached hydrogen (secondary N) is 1. The van der Waals surface area contributed by atoms with E-state index in [1.807, 2.05) is 13.8 Å². The van der Waals surface area contributed by atoms with Crippen molar-refractivity contribution in [1.82, 2.24) is 4.98 Å². The molecule has 0 fully saturated rings. The van der Waals surface area contributed by atoms with E-state index in [-0.39, 0.29) is 11.7 Å². The van der Waals surface area contributed by atoms with E-state index in [1.165, 1.54) is 12.3 Å². The van der Waals surface area contributed by atoms with Gasteiger partial charge < -0.3 is 5.32 Å². The Morgan fingerprint density at radius 2 is 2.29 bits per heavy atom. The lowest BCUT2D eigenvalue weighted by molar-refractivity contribution is -0.385. The molecule has 0 bridgehead atoms. The molecule has 0 aliphatic heterocycles. The maximum absolute atomic E-state index is 10.4. The number of nitro groups is 1. The number of aromatic nitrogens is 1. The van der Waals surface area contributed by atoms with Crippen molar-refractivity contribution in [3.8, 4) is 0 Å². The predicted octanol–water partition coefficient (Wildman–Crippen LogP) is 2.57. The summed E-state index contributed by atoms with van der Waals surface area (Å²) in [6.45, 7) is 3.94. The van der Waals surface area contributed by atoms with Crippen LogP contribution in [0.25, 0.3) is 0 Å². The molecule has 0 amide bonds. The summed E-state index contributed by atoms with van der Waals surface area (Å²) < 4.78 is 0.598. The molecule has 0 aromatic carbocycles. The van der Waals surface area contributed by atoms with Crippen LogP contribution >= 0.6 is 15.9 Å². The van der Waals surface area contributed by atoms with Gasteiger partial charge in [0.15, 0.2) is 0 Å². The van der Waals surface area contributed by atoms with E-state index in [2.05, 4.69) is 26.2 Å². The third-order valence-electron chi connectivity index (χ3n) is 1.46. The van der Waals surface area contributed by atoms with Crippen LogP contribution in [0.4, 0.5) is 11.5 Å². The maximum atomic E-state index is 10.4. The molecule has 0 aliphatic carbocycles. The lowest BCUT2D eigenvalue weighted by Gasteiger charge is -2.09. The molecule has 0 saturated carbocycles. The Kier molecular flexibility index (Phi) is 3.40. The van der Waals surface area contributed by atoms with Gasteiger partial charge in [0.25, 0.3) is 5.69 Å². The predicted molar refractivity (Wildman–Crippen MR) is 57.4 cm³/mol. The third kappa shape index (κ3) is 2.66. The molecular formula is C8H10BrN3O2. The van der Waals surface area contributed by atoms with Crippen LogP contribution < -0.4 is 5.32 Å². The highest BCUT2D eigenvalue weighted by Crippen LogP contribution is 2.24. The van der Waals surface area contributed by atoms with Gasteiger partial charge in [0.1, 0.15) is 12.0 Å². The number of halogens is 1. The Bertz CT molecular complexity index is 354. The van der Waals surface area contributed by atoms with Crippen LogP contribution in [0.2, 0.25) is 0 Å². The van der Waals surface area contributed by atoms with Gasteiger partial charge in [-0.25, -0.2) is 4.98 Å². The van der Waals surface area contributed by atoms with Crippen LogP contribution in [-0.4, -0.2) is 15.9 Å². The lowest BCUT2D eigenvalue weighted by atomic mass is 10.3. The highest BCUT2D eigenvalue weighted by Gasteiger charge is 2.10. The quantitative estimate of drug-likeness (QED) is 0.669. The van der Waals surface area contributed by atoms with Gasteiger partial charge in [-0.1, -0.05) is 0 Å². The zero-order valence-electron chi connectivity index (χ0n) is 7.82. The van der Waals surface area contributed by atoms with E-state index in [1.54, 1.807) is 0 Å². The smallest absolute Gasteiger partial charge is 0.288 e. The summed E-state index contributed by atoms with van der Waals surface area (Å²) in [5, 5.41) is 13.5. The Morgan fingerprint density at radius 1 is 1.64 bits per heavy atom. The van der Waals surface area contributed by atoms with Crippen LogP contribution in [0.1, 0.15) is 13.8 Å². The van der Waals surface area contributed by atoms with Gasteiger partial charge >= 0.3 is 0 Å². The SMILES string of the molecule is CC(C)Nc1ncc([N+](=O)[O-])cc1Br. The van der Waals surface area contributed by atoms with E-state index < -0.39 is 4.92 Å². The van der Waals surface area contributed by atoms with Crippen molar-refractivity contribution in [1.29, 1.82) is 0 Å². The second-order valence-electron chi connectivity index (χ2n) is 3.08. The van der Waals surface area contributed by atoms with Gasteiger partial charge in [-0.05, 0) is 29.8 Å². The highest BCUT2D eigenvalue weighted by molar-refractivity contribution is 9.10. The molecule has 1 aromatic heterocycles. The standard InChI is InChI=1S/C8H10BrN3O2/c1-5(2)11-8-7(9)3-6(4-10-8)12(13)14/h3-5H,1-2H3,(H,10,11). The maximum Gasteiger partial charge on any atom is 0.288 e. The molecule has 0 saturated heterocycles. The monoisotopic (exact) mass is 259 g/mol. The molecule has 0 unspecified atom stereocenters. The van der Waals surface area contributed by atoms with E-state index >= 15 is 0 Å². The summed E-state index contributed by atoms with van der Waals surface area (Å²) in [5.74, 6) is 0.616. The highest BCUT2D eigenvalue weighted by atomic mass is 79.9. The first kappa shape index (κ1) is 10.9. The number of nitrogens with zero attached hydrogens (tertiary/aromatic N) is 2. The van der Waals surface area contributed by atoms with Crippen molar-refractivity contribution in [2.45, 2.75) is 19.9 Å². The van der Waals surface area contributed by atoms with Crippen LogP contribution in [0.3, 0.4) is 0 Å². The minimum Gasteiger partial charge on any atom is -0.367 e. The second-order valence-corrected chi connectivity index (χ2v) is 3.93. The van der Waals surface area contributed by atoms with Crippen molar-refractivity contribution >= 4 is 27.4 Å². The number of anilines is 1. The first-order valence-corrected chi connectivity index (χ1v) is 4.86. The summed E-state index contributed by atoms with van der Waals surface area (Å²) >= 11 is 3.21. The minimum absolute atomic E-state index is 0.0221. The summed E-state index contributed by atoms with van der Waals surface area (Å²) in [4.78, 5) is 13.9. The van der Waals surface area contributed by atoms with Crippen molar-refractivity contribution < 1.29 is 4.92 Å². The topological polar surface area (TPSA) is 68.1 Å². The lowest BCUT2D eigenvalue weighted by Crippen LogP contribution is -2.11. The second kappa shape index (κ2) is 4.36. The number of rotatable bonds is 3. The molecule has 6 heteroatoms. The Labute approximate surface area is 89.8 Å². The van der Waals surface area contributed by atoms with Crippen LogP contribution in [0.15, 0.2) is 16.7 Å². The summed E-state index contributed by atoms with van der Waals surface area (Å²) in [6.07, 6.45) is 1.23. The molecule has 0 aliphatic rings. The zero-order chi connectivity index (χ0) is 10.7. The summed E-state index contributed by atoms with van der Waals surface area (Å²) in [7, 11) is 0. The van der Waals surface area contributed by atoms with E-state index in [0.717, 1.165) is 0 Å². The van der Waals surface area contributed by atoms with Crippen molar-refractivity contribution in [3.63, 3.8) is 0 Å². The van der Waals surface area contributed by atoms with Gasteiger partial charge in [0.05, 0.1) is 9.40 Å². The van der Waals surface area contributed by atoms with Crippen molar-refractivity contribution in [2.75, 3.05) is 5.32 Å². The molecule has 1 heterocycles. The fourth-order valence-corrected chi connectivity index (χ4v) is 1.36. The van der Waals surface area contributed by atoms with E-state index in [4.69, 9.17) is 0 Å². The van der Waals surface area contributed by atoms with E-state index in [9.17, 15) is 10.1 Å². The van der Waals surface area contributed by atoms with Crippen molar-refractivity contribution in [2.24, 2.45) is 0 Å². The third-order valence-corrected chi connectivity index (χ3v) is 2.07. The van der Waals surface area contributed by atoms with Crippen LogP contribution in [-0.2, 0) is 0 Å². The van der Waals surface area contributed by atoms with Gasteiger partial charge in [0, 0.05) is 12.1 Å². The number of hydrogen-bond acceptors (Lipinski definition) is 4. The average molecular weight is 260 g/mol. The Morgan fingerprint density at radius 3 is 2.71 bits per heavy atom. The number of hydrogen-bond donors (Lipinski definition) is 1. The average Bonchev–Trinajstić information content (AvgIpc) is 2.07. The Hall–Kier alpha value is -1.17. The van der Waals surface area contributed by atoms with Gasteiger partial charge in [-0.15, -0.1) is 0 Å². The first-order chi connectivity index (χ1) is 6.50. The normalized spacial score (nSPS) is 10.3. The molecule has 0 spiro atoms. The fourth-order valence-electron chi connectivity index (χ4n) is 0.907. The number of pyridine rings is 1. The fraction of sp³-hybridized carbons (Fsp3) is 0.375. The molecular weight excluding hydrogens is 250 g/mol. The molecule has 5 nitrogen and oxygen atoms in total. The molecule has 76 valence electrons. The molecule has 1 aromatic rings. The largest absolute Gasteiger partial charge is 0.367 e. The van der Waals surface area contributed by atoms with Crippen LogP contribution in [0, 0.1) is 10.1 Å². The molecule has 0 radical (unpaired) electrons. The van der Waals surface area contributed by atoms with Crippen molar-refractivity contribution in [3.05, 3.63) is 26.9 Å². The van der Waals surface area contributed by atoms with Crippen LogP contribution in [0.5, 0.6) is 0 Å². The Balaban J connectivity index is 2.95. The molecule has 14 heavy (non-hydrogen) atoms. The minimum atomic E-state index is -0.475. The summed E-state index contributed by atoms with van der Waals surface area (Å²) in [6, 6.07) is 1.66. The molecule has 1 N–H and O–H groups in total. The first-order valence-electron chi connectivity index (χ1n) is 4.07. The van der Waals surface area contributed by atoms with Gasteiger partial charge in [0.2, 0.25) is 0 Å². The molecule has 0 atom stereocenters.